The van der Waals surface area contributed by atoms with Crippen molar-refractivity contribution in [2.75, 3.05) is 18.9 Å². The number of nitrogens with zero attached hydrogens (tertiary/aromatic N) is 1. The van der Waals surface area contributed by atoms with Crippen LogP contribution >= 0.6 is 11.6 Å². The van der Waals surface area contributed by atoms with Gasteiger partial charge in [-0.3, -0.25) is 4.90 Å². The van der Waals surface area contributed by atoms with Crippen molar-refractivity contribution >= 4 is 23.4 Å². The lowest BCUT2D eigenvalue weighted by atomic mass is 9.98. The molecule has 0 radical (unpaired) electrons. The van der Waals surface area contributed by atoms with Gasteiger partial charge in [0, 0.05) is 5.56 Å². The highest BCUT2D eigenvalue weighted by atomic mass is 35.5. The van der Waals surface area contributed by atoms with Gasteiger partial charge in [0.15, 0.2) is 0 Å². The summed E-state index contributed by atoms with van der Waals surface area (Å²) in [7, 11) is 0. The van der Waals surface area contributed by atoms with Gasteiger partial charge < -0.3 is 15.6 Å². The number of hydrogen-bond acceptors (Lipinski definition) is 3. The van der Waals surface area contributed by atoms with Gasteiger partial charge in [0.05, 0.1) is 29.9 Å². The molecule has 2 atom stereocenters. The van der Waals surface area contributed by atoms with E-state index >= 15 is 0 Å². The Hall–Kier alpha value is -1.46. The van der Waals surface area contributed by atoms with E-state index < -0.39 is 6.09 Å². The number of carbonyl (C=O) groups is 1. The smallest absolute Gasteiger partial charge is 0.407 e. The van der Waals surface area contributed by atoms with Crippen molar-refractivity contribution in [1.29, 1.82) is 0 Å². The fraction of sp³-hybridized carbons (Fsp3) is 0.500. The van der Waals surface area contributed by atoms with Gasteiger partial charge in [-0.1, -0.05) is 37.6 Å². The van der Waals surface area contributed by atoms with Crippen LogP contribution < -0.4 is 5.73 Å². The van der Waals surface area contributed by atoms with Crippen LogP contribution in [0.15, 0.2) is 18.2 Å². The molecule has 1 aromatic carbocycles. The van der Waals surface area contributed by atoms with Gasteiger partial charge in [-0.25, -0.2) is 4.79 Å². The predicted octanol–water partition coefficient (Wildman–Crippen LogP) is 3.00. The summed E-state index contributed by atoms with van der Waals surface area (Å²) < 4.78 is 5.81. The number of hydrogen-bond donors (Lipinski definition) is 2. The first-order valence-electron chi connectivity index (χ1n) is 6.57. The Kier molecular flexibility index (Phi) is 4.40. The fourth-order valence-electron chi connectivity index (χ4n) is 2.47. The zero-order valence-corrected chi connectivity index (χ0v) is 12.3. The summed E-state index contributed by atoms with van der Waals surface area (Å²) in [6, 6.07) is 5.18. The molecule has 0 aliphatic carbocycles. The van der Waals surface area contributed by atoms with Gasteiger partial charge >= 0.3 is 6.09 Å². The Balaban J connectivity index is 2.24. The van der Waals surface area contributed by atoms with Crippen LogP contribution in [-0.4, -0.2) is 35.3 Å². The molecule has 0 spiro atoms. The average molecular weight is 299 g/mol. The maximum Gasteiger partial charge on any atom is 0.407 e. The molecule has 20 heavy (non-hydrogen) atoms. The van der Waals surface area contributed by atoms with E-state index in [1.165, 1.54) is 4.90 Å². The monoisotopic (exact) mass is 298 g/mol. The van der Waals surface area contributed by atoms with Crippen molar-refractivity contribution in [1.82, 2.24) is 4.90 Å². The van der Waals surface area contributed by atoms with Gasteiger partial charge in [0.1, 0.15) is 6.10 Å². The zero-order valence-electron chi connectivity index (χ0n) is 11.5. The van der Waals surface area contributed by atoms with Crippen LogP contribution in [0.25, 0.3) is 0 Å². The molecule has 0 bridgehead atoms. The molecule has 0 aromatic heterocycles. The third kappa shape index (κ3) is 2.83. The Morgan fingerprint density at radius 2 is 2.25 bits per heavy atom. The second-order valence-electron chi connectivity index (χ2n) is 5.31. The Labute approximate surface area is 123 Å². The molecule has 0 saturated carbocycles. The van der Waals surface area contributed by atoms with E-state index in [2.05, 4.69) is 0 Å². The summed E-state index contributed by atoms with van der Waals surface area (Å²) >= 11 is 6.00. The topological polar surface area (TPSA) is 75.8 Å². The molecule has 0 unspecified atom stereocenters. The normalized spacial score (nSPS) is 23.1. The fourth-order valence-corrected chi connectivity index (χ4v) is 2.65. The number of morpholine rings is 1. The zero-order chi connectivity index (χ0) is 14.9. The van der Waals surface area contributed by atoms with E-state index in [0.29, 0.717) is 17.3 Å². The molecule has 5 nitrogen and oxygen atoms in total. The maximum absolute atomic E-state index is 11.4. The summed E-state index contributed by atoms with van der Waals surface area (Å²) in [4.78, 5) is 12.8. The number of nitrogen functional groups attached to an aromatic ring is 1. The van der Waals surface area contributed by atoms with Crippen LogP contribution in [0.4, 0.5) is 10.5 Å². The third-order valence-electron chi connectivity index (χ3n) is 3.68. The van der Waals surface area contributed by atoms with Gasteiger partial charge in [-0.05, 0) is 12.0 Å². The van der Waals surface area contributed by atoms with Crippen LogP contribution in [0.2, 0.25) is 5.02 Å². The Morgan fingerprint density at radius 3 is 2.85 bits per heavy atom. The molecule has 2 rings (SSSR count). The number of nitrogens with two attached hydrogens (primary N) is 1. The van der Waals surface area contributed by atoms with E-state index in [4.69, 9.17) is 22.1 Å². The molecular formula is C14H19ClN2O3. The number of ether oxygens (including phenoxy) is 1. The Morgan fingerprint density at radius 1 is 1.55 bits per heavy atom. The van der Waals surface area contributed by atoms with Crippen LogP contribution in [0.5, 0.6) is 0 Å². The highest BCUT2D eigenvalue weighted by molar-refractivity contribution is 6.33. The molecule has 3 N–H and O–H groups in total. The number of rotatable bonds is 2. The van der Waals surface area contributed by atoms with E-state index in [-0.39, 0.29) is 24.6 Å². The van der Waals surface area contributed by atoms with E-state index in [0.717, 1.165) is 5.56 Å². The molecular weight excluding hydrogens is 280 g/mol. The molecule has 1 aromatic rings. The maximum atomic E-state index is 11.4. The molecule has 1 heterocycles. The minimum atomic E-state index is -0.933. The lowest BCUT2D eigenvalue weighted by molar-refractivity contribution is -0.0668. The first-order valence-corrected chi connectivity index (χ1v) is 6.94. The third-order valence-corrected chi connectivity index (χ3v) is 4.01. The van der Waals surface area contributed by atoms with Crippen molar-refractivity contribution in [3.05, 3.63) is 28.8 Å². The standard InChI is InChI=1S/C14H19ClN2O3/c1-8(2)11-7-20-12(6-17(11)14(18)19)9-4-3-5-10(15)13(9)16/h3-5,8,11-12H,6-7,16H2,1-2H3,(H,18,19)/t11-,12+/m1/s1. The van der Waals surface area contributed by atoms with Gasteiger partial charge in [0.25, 0.3) is 0 Å². The number of para-hydroxylation sites is 1. The largest absolute Gasteiger partial charge is 0.465 e. The summed E-state index contributed by atoms with van der Waals surface area (Å²) in [5, 5.41) is 9.82. The minimum absolute atomic E-state index is 0.135. The summed E-state index contributed by atoms with van der Waals surface area (Å²) in [5.74, 6) is 0.198. The summed E-state index contributed by atoms with van der Waals surface area (Å²) in [6.07, 6.45) is -1.31. The van der Waals surface area contributed by atoms with Gasteiger partial charge in [0.2, 0.25) is 0 Å². The number of halogens is 1. The van der Waals surface area contributed by atoms with Crippen molar-refractivity contribution < 1.29 is 14.6 Å². The van der Waals surface area contributed by atoms with E-state index in [1.807, 2.05) is 19.9 Å². The molecule has 1 aliphatic heterocycles. The molecule has 1 saturated heterocycles. The SMILES string of the molecule is CC(C)[C@H]1CO[C@H](c2cccc(Cl)c2N)CN1C(=O)O. The summed E-state index contributed by atoms with van der Waals surface area (Å²) in [6.45, 7) is 4.60. The van der Waals surface area contributed by atoms with Crippen molar-refractivity contribution in [2.24, 2.45) is 5.92 Å². The number of amides is 1. The number of carboxylic acid groups (broad SMARTS) is 1. The lowest BCUT2D eigenvalue weighted by Crippen LogP contribution is -2.51. The molecule has 1 amide bonds. The Bertz CT molecular complexity index is 507. The molecule has 110 valence electrons. The molecule has 1 fully saturated rings. The highest BCUT2D eigenvalue weighted by Crippen LogP contribution is 2.33. The first kappa shape index (κ1) is 14.9. The van der Waals surface area contributed by atoms with E-state index in [9.17, 15) is 9.90 Å². The molecule has 6 heteroatoms. The quantitative estimate of drug-likeness (QED) is 0.823. The summed E-state index contributed by atoms with van der Waals surface area (Å²) in [5.41, 5.74) is 7.14. The second-order valence-corrected chi connectivity index (χ2v) is 5.72. The van der Waals surface area contributed by atoms with Crippen molar-refractivity contribution in [3.63, 3.8) is 0 Å². The second kappa shape index (κ2) is 5.89. The average Bonchev–Trinajstić information content (AvgIpc) is 2.41. The van der Waals surface area contributed by atoms with Gasteiger partial charge in [-0.15, -0.1) is 0 Å². The predicted molar refractivity (Wildman–Crippen MR) is 77.9 cm³/mol. The number of benzene rings is 1. The van der Waals surface area contributed by atoms with Crippen LogP contribution in [0.3, 0.4) is 0 Å². The number of anilines is 1. The minimum Gasteiger partial charge on any atom is -0.465 e. The highest BCUT2D eigenvalue weighted by Gasteiger charge is 2.35. The van der Waals surface area contributed by atoms with Crippen molar-refractivity contribution in [2.45, 2.75) is 26.0 Å². The first-order chi connectivity index (χ1) is 9.41. The van der Waals surface area contributed by atoms with Crippen LogP contribution in [0.1, 0.15) is 25.5 Å². The molecule has 1 aliphatic rings. The van der Waals surface area contributed by atoms with E-state index in [1.54, 1.807) is 12.1 Å². The van der Waals surface area contributed by atoms with Crippen LogP contribution in [-0.2, 0) is 4.74 Å². The van der Waals surface area contributed by atoms with Crippen molar-refractivity contribution in [3.8, 4) is 0 Å². The lowest BCUT2D eigenvalue weighted by Gasteiger charge is -2.40. The van der Waals surface area contributed by atoms with Gasteiger partial charge in [-0.2, -0.15) is 0 Å². The van der Waals surface area contributed by atoms with Crippen LogP contribution in [0, 0.1) is 5.92 Å².